The van der Waals surface area contributed by atoms with E-state index >= 15 is 0 Å². The van der Waals surface area contributed by atoms with Crippen LogP contribution in [0, 0.1) is 0 Å². The molecule has 7 rings (SSSR count). The summed E-state index contributed by atoms with van der Waals surface area (Å²) in [6.07, 6.45) is 0. The molecular formula is C34H22N2O4. The molecule has 2 atom stereocenters. The molecule has 1 saturated heterocycles. The van der Waals surface area contributed by atoms with Crippen LogP contribution in [0.5, 0.6) is 0 Å². The summed E-state index contributed by atoms with van der Waals surface area (Å²) in [6, 6.07) is 35.0. The molecule has 0 bridgehead atoms. The van der Waals surface area contributed by atoms with Gasteiger partial charge in [0.2, 0.25) is 0 Å². The Hall–Kier alpha value is -5.36. The fourth-order valence-corrected chi connectivity index (χ4v) is 5.59. The van der Waals surface area contributed by atoms with E-state index in [0.29, 0.717) is 11.3 Å². The molecule has 5 aromatic rings. The highest BCUT2D eigenvalue weighted by molar-refractivity contribution is 6.35. The van der Waals surface area contributed by atoms with Crippen molar-refractivity contribution in [1.82, 2.24) is 4.90 Å². The zero-order valence-electron chi connectivity index (χ0n) is 21.2. The summed E-state index contributed by atoms with van der Waals surface area (Å²) in [7, 11) is 0. The summed E-state index contributed by atoms with van der Waals surface area (Å²) in [5.41, 5.74) is 2.54. The molecule has 5 aromatic carbocycles. The van der Waals surface area contributed by atoms with Crippen LogP contribution >= 0.6 is 0 Å². The molecule has 0 aromatic heterocycles. The summed E-state index contributed by atoms with van der Waals surface area (Å²) >= 11 is 0. The van der Waals surface area contributed by atoms with E-state index in [4.69, 9.17) is 0 Å². The number of benzene rings is 5. The molecule has 1 fully saturated rings. The largest absolute Gasteiger partial charge is 0.316 e. The third-order valence-electron chi connectivity index (χ3n) is 7.64. The topological polar surface area (TPSA) is 74.5 Å². The molecule has 2 heterocycles. The zero-order valence-corrected chi connectivity index (χ0v) is 21.2. The molecule has 6 heteroatoms. The van der Waals surface area contributed by atoms with Crippen molar-refractivity contribution in [3.05, 3.63) is 149 Å². The molecule has 40 heavy (non-hydrogen) atoms. The zero-order chi connectivity index (χ0) is 27.4. The van der Waals surface area contributed by atoms with E-state index in [1.165, 1.54) is 12.1 Å². The number of rotatable bonds is 5. The van der Waals surface area contributed by atoms with Gasteiger partial charge in [-0.15, -0.1) is 0 Å². The van der Waals surface area contributed by atoms with Crippen LogP contribution in [0.4, 0.5) is 5.69 Å². The van der Waals surface area contributed by atoms with E-state index < -0.39 is 23.9 Å². The molecule has 0 radical (unpaired) electrons. The van der Waals surface area contributed by atoms with Gasteiger partial charge in [0, 0.05) is 11.1 Å². The third kappa shape index (κ3) is 3.73. The Balaban J connectivity index is 1.21. The minimum atomic E-state index is -0.656. The predicted molar refractivity (Wildman–Crippen MR) is 151 cm³/mol. The van der Waals surface area contributed by atoms with Crippen LogP contribution in [0.15, 0.2) is 121 Å². The fraction of sp³-hybridized carbons (Fsp3) is 0.0588. The van der Waals surface area contributed by atoms with Gasteiger partial charge in [0.1, 0.15) is 6.04 Å². The molecule has 0 N–H and O–H groups in total. The average Bonchev–Trinajstić information content (AvgIpc) is 3.71. The highest BCUT2D eigenvalue weighted by atomic mass is 16.2. The average molecular weight is 523 g/mol. The highest BCUT2D eigenvalue weighted by Gasteiger charge is 2.56. The van der Waals surface area contributed by atoms with E-state index in [-0.39, 0.29) is 28.4 Å². The summed E-state index contributed by atoms with van der Waals surface area (Å²) in [5.74, 6) is -1.42. The number of amides is 3. The van der Waals surface area contributed by atoms with Gasteiger partial charge in [-0.2, -0.15) is 0 Å². The monoisotopic (exact) mass is 522 g/mol. The second kappa shape index (κ2) is 9.13. The molecule has 0 unspecified atom stereocenters. The van der Waals surface area contributed by atoms with Gasteiger partial charge in [0.25, 0.3) is 17.7 Å². The first-order valence-corrected chi connectivity index (χ1v) is 13.0. The Morgan fingerprint density at radius 3 is 1.98 bits per heavy atom. The number of ketones is 1. The Morgan fingerprint density at radius 2 is 1.23 bits per heavy atom. The van der Waals surface area contributed by atoms with Crippen LogP contribution in [-0.2, 0) is 0 Å². The van der Waals surface area contributed by atoms with Gasteiger partial charge in [-0.1, -0.05) is 91.0 Å². The summed E-state index contributed by atoms with van der Waals surface area (Å²) < 4.78 is 0. The molecule has 2 aliphatic heterocycles. The van der Waals surface area contributed by atoms with Gasteiger partial charge < -0.3 is 4.90 Å². The SMILES string of the molecule is O=C(c1ccccc1)[C@@H]1[C@@H](c2ccccc2)N1C(=O)c1ccc2c(c1)C(=O)N(c1ccc3ccccc3c1)C2=O. The first-order chi connectivity index (χ1) is 19.5. The van der Waals surface area contributed by atoms with E-state index in [0.717, 1.165) is 21.2 Å². The van der Waals surface area contributed by atoms with Crippen LogP contribution in [0.25, 0.3) is 10.8 Å². The maximum atomic E-state index is 13.8. The lowest BCUT2D eigenvalue weighted by Crippen LogP contribution is -2.29. The second-order valence-corrected chi connectivity index (χ2v) is 9.98. The van der Waals surface area contributed by atoms with Gasteiger partial charge in [-0.05, 0) is 46.7 Å². The highest BCUT2D eigenvalue weighted by Crippen LogP contribution is 2.46. The van der Waals surface area contributed by atoms with Crippen molar-refractivity contribution in [2.24, 2.45) is 0 Å². The first-order valence-electron chi connectivity index (χ1n) is 13.0. The molecule has 2 aliphatic rings. The van der Waals surface area contributed by atoms with Crippen molar-refractivity contribution >= 4 is 40.0 Å². The van der Waals surface area contributed by atoms with Gasteiger partial charge in [0.15, 0.2) is 5.78 Å². The van der Waals surface area contributed by atoms with Gasteiger partial charge in [-0.25, -0.2) is 4.90 Å². The Morgan fingerprint density at radius 1 is 0.575 bits per heavy atom. The van der Waals surface area contributed by atoms with Crippen LogP contribution in [0.2, 0.25) is 0 Å². The molecule has 3 amide bonds. The Bertz CT molecular complexity index is 1850. The van der Waals surface area contributed by atoms with Crippen molar-refractivity contribution in [3.8, 4) is 0 Å². The summed E-state index contributed by atoms with van der Waals surface area (Å²) in [6.45, 7) is 0. The lowest BCUT2D eigenvalue weighted by Gasteiger charge is -2.14. The molecule has 0 spiro atoms. The molecule has 0 saturated carbocycles. The van der Waals surface area contributed by atoms with Gasteiger partial charge in [-0.3, -0.25) is 19.2 Å². The van der Waals surface area contributed by atoms with Crippen molar-refractivity contribution in [2.45, 2.75) is 12.1 Å². The molecule has 0 aliphatic carbocycles. The smallest absolute Gasteiger partial charge is 0.266 e. The maximum absolute atomic E-state index is 13.8. The number of hydrogen-bond acceptors (Lipinski definition) is 4. The number of imide groups is 1. The fourth-order valence-electron chi connectivity index (χ4n) is 5.59. The number of fused-ring (bicyclic) bond motifs is 2. The minimum absolute atomic E-state index is 0.141. The van der Waals surface area contributed by atoms with Crippen molar-refractivity contribution in [2.75, 3.05) is 4.90 Å². The third-order valence-corrected chi connectivity index (χ3v) is 7.64. The van der Waals surface area contributed by atoms with E-state index in [9.17, 15) is 19.2 Å². The normalized spacial score (nSPS) is 17.7. The standard InChI is InChI=1S/C34H22N2O4/c37-31(23-12-5-2-6-13-23)30-29(22-10-3-1-4-11-22)36(30)32(38)25-16-18-27-28(20-25)34(40)35(33(27)39)26-17-15-21-9-7-8-14-24(21)19-26/h1-20,29-30H/t29-,30+,36?/m1/s1. The summed E-state index contributed by atoms with van der Waals surface area (Å²) in [4.78, 5) is 56.6. The molecule has 6 nitrogen and oxygen atoms in total. The number of anilines is 1. The van der Waals surface area contributed by atoms with Gasteiger partial charge >= 0.3 is 0 Å². The van der Waals surface area contributed by atoms with Gasteiger partial charge in [0.05, 0.1) is 22.9 Å². The first kappa shape index (κ1) is 23.7. The minimum Gasteiger partial charge on any atom is -0.316 e. The number of hydrogen-bond donors (Lipinski definition) is 0. The second-order valence-electron chi connectivity index (χ2n) is 9.98. The van der Waals surface area contributed by atoms with Crippen LogP contribution < -0.4 is 4.90 Å². The Labute approximate surface area is 230 Å². The van der Waals surface area contributed by atoms with Crippen molar-refractivity contribution < 1.29 is 19.2 Å². The lowest BCUT2D eigenvalue weighted by atomic mass is 10.0. The van der Waals surface area contributed by atoms with E-state index in [1.54, 1.807) is 41.3 Å². The molecule has 192 valence electrons. The van der Waals surface area contributed by atoms with Crippen LogP contribution in [0.1, 0.15) is 53.0 Å². The van der Waals surface area contributed by atoms with Crippen LogP contribution in [0.3, 0.4) is 0 Å². The predicted octanol–water partition coefficient (Wildman–Crippen LogP) is 6.09. The number of carbonyl (C=O) groups excluding carboxylic acids is 4. The van der Waals surface area contributed by atoms with E-state index in [1.807, 2.05) is 72.8 Å². The quantitative estimate of drug-likeness (QED) is 0.159. The number of nitrogens with zero attached hydrogens (tertiary/aromatic N) is 2. The Kier molecular flexibility index (Phi) is 5.42. The van der Waals surface area contributed by atoms with Crippen molar-refractivity contribution in [1.29, 1.82) is 0 Å². The number of Topliss-reactive ketones (excluding diaryl/α,β-unsaturated/α-hetero) is 1. The van der Waals surface area contributed by atoms with Crippen molar-refractivity contribution in [3.63, 3.8) is 0 Å². The van der Waals surface area contributed by atoms with E-state index in [2.05, 4.69) is 0 Å². The lowest BCUT2D eigenvalue weighted by molar-refractivity contribution is 0.0833. The number of carbonyl (C=O) groups is 4. The maximum Gasteiger partial charge on any atom is 0.266 e. The molecular weight excluding hydrogens is 500 g/mol. The summed E-state index contributed by atoms with van der Waals surface area (Å²) in [5, 5.41) is 1.91. The van der Waals surface area contributed by atoms with Crippen LogP contribution in [-0.4, -0.2) is 34.4 Å².